The number of hydrogen-bond donors (Lipinski definition) is 3. The molecule has 2 unspecified atom stereocenters. The van der Waals surface area contributed by atoms with E-state index in [0.29, 0.717) is 6.42 Å². The highest BCUT2D eigenvalue weighted by Gasteiger charge is 2.26. The predicted molar refractivity (Wildman–Crippen MR) is 74.6 cm³/mol. The van der Waals surface area contributed by atoms with Crippen LogP contribution in [0.2, 0.25) is 0 Å². The summed E-state index contributed by atoms with van der Waals surface area (Å²) in [7, 11) is 0. The van der Waals surface area contributed by atoms with Gasteiger partial charge in [-0.25, -0.2) is 0 Å². The van der Waals surface area contributed by atoms with Crippen LogP contribution in [0.25, 0.3) is 0 Å². The van der Waals surface area contributed by atoms with Crippen molar-refractivity contribution in [2.24, 2.45) is 5.92 Å². The first-order valence-electron chi connectivity index (χ1n) is 5.93. The molecule has 0 saturated heterocycles. The largest absolute Gasteiger partial charge is 0.481 e. The Morgan fingerprint density at radius 1 is 1.47 bits per heavy atom. The van der Waals surface area contributed by atoms with Crippen LogP contribution < -0.4 is 10.6 Å². The summed E-state index contributed by atoms with van der Waals surface area (Å²) in [6, 6.07) is 7.47. The molecule has 2 atom stereocenters. The molecule has 0 aromatic heterocycles. The number of carboxylic acid groups (broad SMARTS) is 1. The standard InChI is InChI=1S/C13H16N2O3.ClH/c1-8(13(17)18)7-14-12(16)11-6-9-4-2-3-5-10(9)15-11;/h2-5,8,11,15H,6-7H2,1H3,(H,14,16)(H,17,18);1H. The molecule has 1 aliphatic heterocycles. The zero-order valence-corrected chi connectivity index (χ0v) is 11.4. The molecule has 1 aromatic rings. The van der Waals surface area contributed by atoms with E-state index in [9.17, 15) is 9.59 Å². The number of aliphatic carboxylic acids is 1. The summed E-state index contributed by atoms with van der Waals surface area (Å²) in [5.41, 5.74) is 2.09. The van der Waals surface area contributed by atoms with Gasteiger partial charge in [0.25, 0.3) is 0 Å². The number of fused-ring (bicyclic) bond motifs is 1. The third-order valence-corrected chi connectivity index (χ3v) is 3.09. The molecule has 0 spiro atoms. The van der Waals surface area contributed by atoms with Crippen molar-refractivity contribution in [2.75, 3.05) is 11.9 Å². The monoisotopic (exact) mass is 284 g/mol. The third kappa shape index (κ3) is 3.61. The summed E-state index contributed by atoms with van der Waals surface area (Å²) in [6.07, 6.45) is 0.642. The maximum absolute atomic E-state index is 11.9. The van der Waals surface area contributed by atoms with Crippen molar-refractivity contribution in [3.05, 3.63) is 29.8 Å². The fourth-order valence-electron chi connectivity index (χ4n) is 1.92. The number of carboxylic acids is 1. The van der Waals surface area contributed by atoms with Gasteiger partial charge in [-0.2, -0.15) is 0 Å². The molecule has 0 fully saturated rings. The molecule has 2 rings (SSSR count). The zero-order valence-electron chi connectivity index (χ0n) is 10.6. The number of hydrogen-bond acceptors (Lipinski definition) is 3. The van der Waals surface area contributed by atoms with Gasteiger partial charge < -0.3 is 15.7 Å². The maximum atomic E-state index is 11.9. The molecule has 19 heavy (non-hydrogen) atoms. The summed E-state index contributed by atoms with van der Waals surface area (Å²) in [4.78, 5) is 22.5. The minimum Gasteiger partial charge on any atom is -0.481 e. The Morgan fingerprint density at radius 3 is 2.79 bits per heavy atom. The quantitative estimate of drug-likeness (QED) is 0.778. The summed E-state index contributed by atoms with van der Waals surface area (Å²) < 4.78 is 0. The van der Waals surface area contributed by atoms with E-state index in [4.69, 9.17) is 5.11 Å². The Morgan fingerprint density at radius 2 is 2.16 bits per heavy atom. The van der Waals surface area contributed by atoms with Gasteiger partial charge in [0.2, 0.25) is 5.91 Å². The second-order valence-electron chi connectivity index (χ2n) is 4.54. The lowest BCUT2D eigenvalue weighted by Gasteiger charge is -2.13. The molecular weight excluding hydrogens is 268 g/mol. The highest BCUT2D eigenvalue weighted by Crippen LogP contribution is 2.24. The molecule has 1 amide bonds. The van der Waals surface area contributed by atoms with Crippen LogP contribution in [0.15, 0.2) is 24.3 Å². The molecule has 0 saturated carbocycles. The first-order valence-corrected chi connectivity index (χ1v) is 5.93. The van der Waals surface area contributed by atoms with Gasteiger partial charge in [-0.1, -0.05) is 25.1 Å². The van der Waals surface area contributed by atoms with Crippen molar-refractivity contribution in [1.29, 1.82) is 0 Å². The number of halogens is 1. The second-order valence-corrected chi connectivity index (χ2v) is 4.54. The number of anilines is 1. The molecule has 0 bridgehead atoms. The molecule has 1 aliphatic rings. The summed E-state index contributed by atoms with van der Waals surface area (Å²) in [6.45, 7) is 1.72. The molecular formula is C13H17ClN2O3. The SMILES string of the molecule is CC(CNC(=O)C1Cc2ccccc2N1)C(=O)O.Cl. The van der Waals surface area contributed by atoms with Crippen LogP contribution in [-0.4, -0.2) is 29.6 Å². The molecule has 0 aliphatic carbocycles. The van der Waals surface area contributed by atoms with Crippen LogP contribution in [0.5, 0.6) is 0 Å². The van der Waals surface area contributed by atoms with Crippen molar-refractivity contribution < 1.29 is 14.7 Å². The average Bonchev–Trinajstić information content (AvgIpc) is 2.79. The minimum atomic E-state index is -0.905. The van der Waals surface area contributed by atoms with E-state index >= 15 is 0 Å². The van der Waals surface area contributed by atoms with Gasteiger partial charge >= 0.3 is 5.97 Å². The lowest BCUT2D eigenvalue weighted by atomic mass is 10.1. The number of benzene rings is 1. The van der Waals surface area contributed by atoms with Crippen molar-refractivity contribution in [2.45, 2.75) is 19.4 Å². The van der Waals surface area contributed by atoms with E-state index in [-0.39, 0.29) is 30.9 Å². The third-order valence-electron chi connectivity index (χ3n) is 3.09. The Bertz CT molecular complexity index is 454. The van der Waals surface area contributed by atoms with Gasteiger partial charge in [0.15, 0.2) is 0 Å². The highest BCUT2D eigenvalue weighted by molar-refractivity contribution is 5.87. The number of nitrogens with one attached hydrogen (secondary N) is 2. The molecule has 1 aromatic carbocycles. The molecule has 1 heterocycles. The number of amides is 1. The van der Waals surface area contributed by atoms with Gasteiger partial charge in [-0.3, -0.25) is 9.59 Å². The fraction of sp³-hybridized carbons (Fsp3) is 0.385. The van der Waals surface area contributed by atoms with E-state index < -0.39 is 11.9 Å². The number of para-hydroxylation sites is 1. The molecule has 5 nitrogen and oxygen atoms in total. The summed E-state index contributed by atoms with van der Waals surface area (Å²) >= 11 is 0. The first kappa shape index (κ1) is 15.3. The van der Waals surface area contributed by atoms with E-state index in [0.717, 1.165) is 11.3 Å². The molecule has 6 heteroatoms. The van der Waals surface area contributed by atoms with Gasteiger partial charge in [-0.05, 0) is 11.6 Å². The Balaban J connectivity index is 0.00000180. The van der Waals surface area contributed by atoms with Gasteiger partial charge in [0, 0.05) is 18.7 Å². The van der Waals surface area contributed by atoms with Crippen LogP contribution in [-0.2, 0) is 16.0 Å². The Kier molecular flexibility index (Phi) is 5.18. The van der Waals surface area contributed by atoms with Crippen molar-refractivity contribution in [1.82, 2.24) is 5.32 Å². The van der Waals surface area contributed by atoms with Crippen LogP contribution in [0, 0.1) is 5.92 Å². The Hall–Kier alpha value is -1.75. The van der Waals surface area contributed by atoms with Crippen molar-refractivity contribution in [3.8, 4) is 0 Å². The average molecular weight is 285 g/mol. The highest BCUT2D eigenvalue weighted by atomic mass is 35.5. The van der Waals surface area contributed by atoms with Crippen LogP contribution >= 0.6 is 12.4 Å². The van der Waals surface area contributed by atoms with Gasteiger partial charge in [0.05, 0.1) is 5.92 Å². The molecule has 0 radical (unpaired) electrons. The first-order chi connectivity index (χ1) is 8.58. The van der Waals surface area contributed by atoms with Gasteiger partial charge in [0.1, 0.15) is 6.04 Å². The van der Waals surface area contributed by atoms with Crippen molar-refractivity contribution >= 4 is 30.0 Å². The topological polar surface area (TPSA) is 78.4 Å². The maximum Gasteiger partial charge on any atom is 0.308 e. The number of carbonyl (C=O) groups excluding carboxylic acids is 1. The van der Waals surface area contributed by atoms with E-state index in [2.05, 4.69) is 10.6 Å². The summed E-state index contributed by atoms with van der Waals surface area (Å²) in [5.74, 6) is -1.63. The molecule has 3 N–H and O–H groups in total. The van der Waals surface area contributed by atoms with Gasteiger partial charge in [-0.15, -0.1) is 12.4 Å². The molecule has 104 valence electrons. The number of rotatable bonds is 4. The lowest BCUT2D eigenvalue weighted by molar-refractivity contribution is -0.141. The second kappa shape index (κ2) is 6.43. The smallest absolute Gasteiger partial charge is 0.308 e. The minimum absolute atomic E-state index is 0. The Labute approximate surface area is 117 Å². The zero-order chi connectivity index (χ0) is 13.1. The predicted octanol–water partition coefficient (Wildman–Crippen LogP) is 1.28. The number of carbonyl (C=O) groups is 2. The normalized spacial score (nSPS) is 17.6. The van der Waals surface area contributed by atoms with Crippen LogP contribution in [0.1, 0.15) is 12.5 Å². The van der Waals surface area contributed by atoms with E-state index in [1.54, 1.807) is 6.92 Å². The van der Waals surface area contributed by atoms with E-state index in [1.165, 1.54) is 0 Å². The van der Waals surface area contributed by atoms with Crippen LogP contribution in [0.3, 0.4) is 0 Å². The fourth-order valence-corrected chi connectivity index (χ4v) is 1.92. The van der Waals surface area contributed by atoms with Crippen molar-refractivity contribution in [3.63, 3.8) is 0 Å². The van der Waals surface area contributed by atoms with Crippen LogP contribution in [0.4, 0.5) is 5.69 Å². The summed E-state index contributed by atoms with van der Waals surface area (Å²) in [5, 5.41) is 14.5. The lowest BCUT2D eigenvalue weighted by Crippen LogP contribution is -2.41. The van der Waals surface area contributed by atoms with E-state index in [1.807, 2.05) is 24.3 Å².